The first-order chi connectivity index (χ1) is 11.3. The van der Waals surface area contributed by atoms with Gasteiger partial charge in [0.25, 0.3) is 0 Å². The smallest absolute Gasteiger partial charge is 0.0289 e. The molecular formula is C22H25N. The van der Waals surface area contributed by atoms with E-state index in [9.17, 15) is 0 Å². The van der Waals surface area contributed by atoms with Crippen LogP contribution in [0.5, 0.6) is 0 Å². The van der Waals surface area contributed by atoms with Crippen molar-refractivity contribution in [2.45, 2.75) is 39.2 Å². The molecule has 1 fully saturated rings. The third-order valence-corrected chi connectivity index (χ3v) is 5.68. The van der Waals surface area contributed by atoms with Crippen LogP contribution >= 0.6 is 0 Å². The zero-order chi connectivity index (χ0) is 15.8. The topological polar surface area (TPSA) is 3.24 Å². The standard InChI is InChI=1S/C22H25N/c1-3-23-15-14-19(16(23)2)22-20-10-6-4-8-17(20)12-13-18-9-5-7-11-21(18)22/h4-11,16H,3,12-15H2,1-2H3/t16-/m1/s1. The molecule has 0 unspecified atom stereocenters. The molecule has 1 heteroatoms. The van der Waals surface area contributed by atoms with Crippen molar-refractivity contribution in [3.63, 3.8) is 0 Å². The maximum Gasteiger partial charge on any atom is 0.0289 e. The number of benzene rings is 2. The van der Waals surface area contributed by atoms with Crippen LogP contribution in [0.2, 0.25) is 0 Å². The first-order valence-electron chi connectivity index (χ1n) is 8.93. The number of nitrogens with zero attached hydrogens (tertiary/aromatic N) is 1. The number of likely N-dealkylation sites (tertiary alicyclic amines) is 1. The summed E-state index contributed by atoms with van der Waals surface area (Å²) >= 11 is 0. The van der Waals surface area contributed by atoms with Crippen LogP contribution in [-0.4, -0.2) is 24.0 Å². The van der Waals surface area contributed by atoms with Gasteiger partial charge >= 0.3 is 0 Å². The molecule has 1 aliphatic carbocycles. The summed E-state index contributed by atoms with van der Waals surface area (Å²) in [4.78, 5) is 2.60. The first-order valence-corrected chi connectivity index (χ1v) is 8.93. The summed E-state index contributed by atoms with van der Waals surface area (Å²) in [5, 5.41) is 0. The van der Waals surface area contributed by atoms with E-state index in [1.54, 1.807) is 5.57 Å². The molecule has 1 heterocycles. The first kappa shape index (κ1) is 14.7. The van der Waals surface area contributed by atoms with E-state index in [4.69, 9.17) is 0 Å². The molecular weight excluding hydrogens is 278 g/mol. The largest absolute Gasteiger partial charge is 0.297 e. The van der Waals surface area contributed by atoms with Gasteiger partial charge in [-0.15, -0.1) is 0 Å². The van der Waals surface area contributed by atoms with E-state index >= 15 is 0 Å². The maximum absolute atomic E-state index is 2.60. The molecule has 118 valence electrons. The number of likely N-dealkylation sites (N-methyl/N-ethyl adjacent to an activating group) is 1. The molecule has 0 spiro atoms. The summed E-state index contributed by atoms with van der Waals surface area (Å²) < 4.78 is 0. The normalized spacial score (nSPS) is 21.0. The highest BCUT2D eigenvalue weighted by molar-refractivity contribution is 5.86. The van der Waals surface area contributed by atoms with Crippen molar-refractivity contribution in [3.05, 3.63) is 76.4 Å². The van der Waals surface area contributed by atoms with Crippen molar-refractivity contribution in [1.82, 2.24) is 4.90 Å². The minimum Gasteiger partial charge on any atom is -0.297 e. The molecule has 4 rings (SSSR count). The highest BCUT2D eigenvalue weighted by atomic mass is 15.2. The summed E-state index contributed by atoms with van der Waals surface area (Å²) in [7, 11) is 0. The Hall–Kier alpha value is -1.86. The highest BCUT2D eigenvalue weighted by Crippen LogP contribution is 2.40. The van der Waals surface area contributed by atoms with Crippen LogP contribution in [0.4, 0.5) is 0 Å². The summed E-state index contributed by atoms with van der Waals surface area (Å²) in [6.07, 6.45) is 3.50. The molecule has 0 saturated carbocycles. The number of aryl methyl sites for hydroxylation is 2. The Morgan fingerprint density at radius 1 is 0.870 bits per heavy atom. The van der Waals surface area contributed by atoms with Gasteiger partial charge in [-0.25, -0.2) is 0 Å². The Kier molecular flexibility index (Phi) is 3.82. The van der Waals surface area contributed by atoms with Crippen molar-refractivity contribution in [3.8, 4) is 0 Å². The summed E-state index contributed by atoms with van der Waals surface area (Å²) in [5.41, 5.74) is 9.11. The van der Waals surface area contributed by atoms with E-state index in [-0.39, 0.29) is 0 Å². The number of hydrogen-bond donors (Lipinski definition) is 0. The molecule has 23 heavy (non-hydrogen) atoms. The zero-order valence-corrected chi connectivity index (χ0v) is 14.2. The lowest BCUT2D eigenvalue weighted by Crippen LogP contribution is -2.27. The monoisotopic (exact) mass is 303 g/mol. The van der Waals surface area contributed by atoms with Crippen molar-refractivity contribution in [2.24, 2.45) is 0 Å². The molecule has 1 saturated heterocycles. The SMILES string of the molecule is CCN1CCC(=C2c3ccccc3CCc3ccccc32)[C@H]1C. The Labute approximate surface area is 139 Å². The van der Waals surface area contributed by atoms with Gasteiger partial charge in [-0.2, -0.15) is 0 Å². The van der Waals surface area contributed by atoms with E-state index < -0.39 is 0 Å². The Balaban J connectivity index is 1.98. The van der Waals surface area contributed by atoms with Crippen LogP contribution in [0.15, 0.2) is 54.1 Å². The molecule has 1 atom stereocenters. The predicted molar refractivity (Wildman–Crippen MR) is 97.6 cm³/mol. The second-order valence-electron chi connectivity index (χ2n) is 6.77. The van der Waals surface area contributed by atoms with Crippen LogP contribution in [0.3, 0.4) is 0 Å². The third-order valence-electron chi connectivity index (χ3n) is 5.68. The second kappa shape index (κ2) is 5.98. The molecule has 2 aromatic rings. The fraction of sp³-hybridized carbons (Fsp3) is 0.364. The third kappa shape index (κ3) is 2.44. The van der Waals surface area contributed by atoms with E-state index in [0.29, 0.717) is 6.04 Å². The molecule has 0 radical (unpaired) electrons. The molecule has 0 N–H and O–H groups in total. The quantitative estimate of drug-likeness (QED) is 0.738. The van der Waals surface area contributed by atoms with Gasteiger partial charge in [0.2, 0.25) is 0 Å². The molecule has 0 amide bonds. The molecule has 0 bridgehead atoms. The lowest BCUT2D eigenvalue weighted by atomic mass is 9.87. The van der Waals surface area contributed by atoms with Crippen molar-refractivity contribution >= 4 is 5.57 Å². The average molecular weight is 303 g/mol. The van der Waals surface area contributed by atoms with Crippen LogP contribution in [-0.2, 0) is 12.8 Å². The zero-order valence-electron chi connectivity index (χ0n) is 14.2. The fourth-order valence-corrected chi connectivity index (χ4v) is 4.38. The van der Waals surface area contributed by atoms with Crippen LogP contribution < -0.4 is 0 Å². The van der Waals surface area contributed by atoms with Crippen LogP contribution in [0, 0.1) is 0 Å². The Morgan fingerprint density at radius 3 is 1.96 bits per heavy atom. The van der Waals surface area contributed by atoms with E-state index in [1.165, 1.54) is 40.8 Å². The van der Waals surface area contributed by atoms with Crippen molar-refractivity contribution in [1.29, 1.82) is 0 Å². The van der Waals surface area contributed by atoms with E-state index in [0.717, 1.165) is 19.4 Å². The van der Waals surface area contributed by atoms with E-state index in [1.807, 2.05) is 0 Å². The maximum atomic E-state index is 2.60. The van der Waals surface area contributed by atoms with Crippen molar-refractivity contribution < 1.29 is 0 Å². The van der Waals surface area contributed by atoms with Gasteiger partial charge in [0.1, 0.15) is 0 Å². The molecule has 2 aromatic carbocycles. The summed E-state index contributed by atoms with van der Waals surface area (Å²) in [5.74, 6) is 0. The minimum absolute atomic E-state index is 0.550. The average Bonchev–Trinajstić information content (AvgIpc) is 2.87. The lowest BCUT2D eigenvalue weighted by Gasteiger charge is -2.22. The second-order valence-corrected chi connectivity index (χ2v) is 6.77. The van der Waals surface area contributed by atoms with Crippen LogP contribution in [0.25, 0.3) is 5.57 Å². The highest BCUT2D eigenvalue weighted by Gasteiger charge is 2.29. The fourth-order valence-electron chi connectivity index (χ4n) is 4.38. The molecule has 1 aliphatic heterocycles. The van der Waals surface area contributed by atoms with Gasteiger partial charge in [-0.1, -0.05) is 55.5 Å². The molecule has 2 aliphatic rings. The Bertz CT molecular complexity index is 707. The summed E-state index contributed by atoms with van der Waals surface area (Å²) in [6.45, 7) is 7.00. The van der Waals surface area contributed by atoms with Gasteiger partial charge in [-0.05, 0) is 66.1 Å². The van der Waals surface area contributed by atoms with Crippen LogP contribution in [0.1, 0.15) is 42.5 Å². The van der Waals surface area contributed by atoms with Gasteiger partial charge in [0.05, 0.1) is 0 Å². The lowest BCUT2D eigenvalue weighted by molar-refractivity contribution is 0.298. The minimum atomic E-state index is 0.550. The van der Waals surface area contributed by atoms with Crippen molar-refractivity contribution in [2.75, 3.05) is 13.1 Å². The predicted octanol–water partition coefficient (Wildman–Crippen LogP) is 4.70. The van der Waals surface area contributed by atoms with Gasteiger partial charge in [0.15, 0.2) is 0 Å². The number of hydrogen-bond acceptors (Lipinski definition) is 1. The number of fused-ring (bicyclic) bond motifs is 2. The molecule has 0 aromatic heterocycles. The summed E-state index contributed by atoms with van der Waals surface area (Å²) in [6, 6.07) is 18.6. The Morgan fingerprint density at radius 2 is 1.43 bits per heavy atom. The van der Waals surface area contributed by atoms with Gasteiger partial charge in [0, 0.05) is 12.6 Å². The van der Waals surface area contributed by atoms with E-state index in [2.05, 4.69) is 67.3 Å². The number of rotatable bonds is 1. The molecule has 1 nitrogen and oxygen atoms in total. The van der Waals surface area contributed by atoms with Gasteiger partial charge < -0.3 is 0 Å². The van der Waals surface area contributed by atoms with Gasteiger partial charge in [-0.3, -0.25) is 4.90 Å².